The molecule has 22 heavy (non-hydrogen) atoms. The standard InChI is InChI=1S/C14H21NO7/c16-7-10(18)11(19)12(20)13(21)14(22)15-6-5-8-3-1-2-4-9(8)17/h1-4,10-13,16-21H,5-7H2,(H,15,22)/t10-,11-,12-,13+/m1/s1. The van der Waals surface area contributed by atoms with Gasteiger partial charge in [-0.15, -0.1) is 0 Å². The van der Waals surface area contributed by atoms with Crippen molar-refractivity contribution in [3.63, 3.8) is 0 Å². The van der Waals surface area contributed by atoms with Gasteiger partial charge in [-0.05, 0) is 18.1 Å². The highest BCUT2D eigenvalue weighted by Gasteiger charge is 2.33. The molecule has 8 nitrogen and oxygen atoms in total. The maximum atomic E-state index is 11.6. The van der Waals surface area contributed by atoms with E-state index in [0.717, 1.165) is 0 Å². The van der Waals surface area contributed by atoms with Gasteiger partial charge in [-0.25, -0.2) is 0 Å². The van der Waals surface area contributed by atoms with E-state index in [0.29, 0.717) is 12.0 Å². The smallest absolute Gasteiger partial charge is 0.251 e. The Balaban J connectivity index is 2.46. The molecule has 1 rings (SSSR count). The fourth-order valence-electron chi connectivity index (χ4n) is 1.82. The van der Waals surface area contributed by atoms with Crippen LogP contribution in [0.5, 0.6) is 5.75 Å². The lowest BCUT2D eigenvalue weighted by atomic mass is 10.0. The number of carbonyl (C=O) groups excluding carboxylic acids is 1. The summed E-state index contributed by atoms with van der Waals surface area (Å²) in [5.41, 5.74) is 0.605. The summed E-state index contributed by atoms with van der Waals surface area (Å²) in [4.78, 5) is 11.6. The quantitative estimate of drug-likeness (QED) is 0.280. The van der Waals surface area contributed by atoms with Crippen molar-refractivity contribution < 1.29 is 35.4 Å². The first-order chi connectivity index (χ1) is 10.4. The number of para-hydroxylation sites is 1. The van der Waals surface area contributed by atoms with Crippen LogP contribution in [0.25, 0.3) is 0 Å². The number of amides is 1. The fraction of sp³-hybridized carbons (Fsp3) is 0.500. The van der Waals surface area contributed by atoms with Crippen LogP contribution in [0, 0.1) is 0 Å². The predicted molar refractivity (Wildman–Crippen MR) is 75.9 cm³/mol. The SMILES string of the molecule is O=C(NCCc1ccccc1O)[C@@H](O)[C@H](O)[C@H](O)[C@H](O)CO. The van der Waals surface area contributed by atoms with E-state index in [9.17, 15) is 25.2 Å². The summed E-state index contributed by atoms with van der Waals surface area (Å²) in [7, 11) is 0. The summed E-state index contributed by atoms with van der Waals surface area (Å²) in [5.74, 6) is -0.856. The number of benzene rings is 1. The number of hydrogen-bond donors (Lipinski definition) is 7. The van der Waals surface area contributed by atoms with Gasteiger partial charge in [-0.2, -0.15) is 0 Å². The van der Waals surface area contributed by atoms with Crippen molar-refractivity contribution in [2.45, 2.75) is 30.8 Å². The second-order valence-corrected chi connectivity index (χ2v) is 4.85. The average molecular weight is 315 g/mol. The van der Waals surface area contributed by atoms with Gasteiger partial charge < -0.3 is 36.0 Å². The molecule has 0 saturated heterocycles. The third-order valence-electron chi connectivity index (χ3n) is 3.21. The molecule has 0 aliphatic carbocycles. The summed E-state index contributed by atoms with van der Waals surface area (Å²) >= 11 is 0. The highest BCUT2D eigenvalue weighted by Crippen LogP contribution is 2.15. The molecule has 4 atom stereocenters. The number of carbonyl (C=O) groups is 1. The summed E-state index contributed by atoms with van der Waals surface area (Å²) in [6, 6.07) is 6.56. The Morgan fingerprint density at radius 1 is 1.09 bits per heavy atom. The van der Waals surface area contributed by atoms with Crippen molar-refractivity contribution in [1.82, 2.24) is 5.32 Å². The van der Waals surface area contributed by atoms with Gasteiger partial charge in [0.1, 0.15) is 24.1 Å². The molecule has 0 spiro atoms. The molecule has 0 saturated carbocycles. The molecule has 0 unspecified atom stereocenters. The minimum atomic E-state index is -1.96. The van der Waals surface area contributed by atoms with Crippen molar-refractivity contribution >= 4 is 5.91 Å². The summed E-state index contributed by atoms with van der Waals surface area (Å²) < 4.78 is 0. The van der Waals surface area contributed by atoms with Gasteiger partial charge in [0, 0.05) is 6.54 Å². The van der Waals surface area contributed by atoms with Crippen LogP contribution >= 0.6 is 0 Å². The molecule has 1 aromatic rings. The van der Waals surface area contributed by atoms with Gasteiger partial charge in [0.25, 0.3) is 5.91 Å². The maximum absolute atomic E-state index is 11.6. The van der Waals surface area contributed by atoms with Crippen LogP contribution in [-0.4, -0.2) is 74.1 Å². The van der Waals surface area contributed by atoms with Crippen LogP contribution in [0.3, 0.4) is 0 Å². The summed E-state index contributed by atoms with van der Waals surface area (Å²) in [6.07, 6.45) is -7.11. The van der Waals surface area contributed by atoms with Crippen molar-refractivity contribution in [1.29, 1.82) is 0 Å². The molecule has 1 amide bonds. The molecule has 0 aromatic heterocycles. The van der Waals surface area contributed by atoms with E-state index in [1.807, 2.05) is 0 Å². The Hall–Kier alpha value is -1.71. The highest BCUT2D eigenvalue weighted by molar-refractivity contribution is 5.81. The van der Waals surface area contributed by atoms with E-state index in [2.05, 4.69) is 5.32 Å². The Morgan fingerprint density at radius 3 is 2.32 bits per heavy atom. The number of phenols is 1. The molecule has 8 heteroatoms. The highest BCUT2D eigenvalue weighted by atomic mass is 16.4. The molecule has 0 fully saturated rings. The number of rotatable bonds is 8. The number of aliphatic hydroxyl groups is 5. The molecule has 7 N–H and O–H groups in total. The van der Waals surface area contributed by atoms with Crippen LogP contribution in [-0.2, 0) is 11.2 Å². The number of hydrogen-bond acceptors (Lipinski definition) is 7. The van der Waals surface area contributed by atoms with E-state index in [1.165, 1.54) is 6.07 Å². The lowest BCUT2D eigenvalue weighted by molar-refractivity contribution is -0.148. The van der Waals surface area contributed by atoms with Crippen LogP contribution < -0.4 is 5.32 Å². The van der Waals surface area contributed by atoms with Crippen molar-refractivity contribution in [3.05, 3.63) is 29.8 Å². The molecule has 1 aromatic carbocycles. The minimum absolute atomic E-state index is 0.0822. The first kappa shape index (κ1) is 18.3. The first-order valence-corrected chi connectivity index (χ1v) is 6.76. The van der Waals surface area contributed by atoms with Crippen LogP contribution in [0.15, 0.2) is 24.3 Å². The van der Waals surface area contributed by atoms with Gasteiger partial charge in [0.2, 0.25) is 0 Å². The van der Waals surface area contributed by atoms with Crippen LogP contribution in [0.2, 0.25) is 0 Å². The van der Waals surface area contributed by atoms with Crippen LogP contribution in [0.4, 0.5) is 0 Å². The lowest BCUT2D eigenvalue weighted by Crippen LogP contribution is -2.51. The molecule has 0 heterocycles. The lowest BCUT2D eigenvalue weighted by Gasteiger charge is -2.24. The van der Waals surface area contributed by atoms with E-state index < -0.39 is 36.9 Å². The van der Waals surface area contributed by atoms with Gasteiger partial charge in [0.15, 0.2) is 6.10 Å². The summed E-state index contributed by atoms with van der Waals surface area (Å²) in [5, 5.41) is 58.2. The molecule has 0 aliphatic heterocycles. The normalized spacial score (nSPS) is 16.6. The van der Waals surface area contributed by atoms with E-state index in [-0.39, 0.29) is 12.3 Å². The van der Waals surface area contributed by atoms with E-state index in [1.54, 1.807) is 18.2 Å². The topological polar surface area (TPSA) is 150 Å². The number of aromatic hydroxyl groups is 1. The maximum Gasteiger partial charge on any atom is 0.251 e. The minimum Gasteiger partial charge on any atom is -0.508 e. The zero-order valence-corrected chi connectivity index (χ0v) is 11.8. The Morgan fingerprint density at radius 2 is 1.73 bits per heavy atom. The largest absolute Gasteiger partial charge is 0.508 e. The zero-order chi connectivity index (χ0) is 16.7. The van der Waals surface area contributed by atoms with Gasteiger partial charge >= 0.3 is 0 Å². The first-order valence-electron chi connectivity index (χ1n) is 6.76. The second-order valence-electron chi connectivity index (χ2n) is 4.85. The third-order valence-corrected chi connectivity index (χ3v) is 3.21. The van der Waals surface area contributed by atoms with Gasteiger partial charge in [0.05, 0.1) is 6.61 Å². The van der Waals surface area contributed by atoms with Crippen LogP contribution in [0.1, 0.15) is 5.56 Å². The zero-order valence-electron chi connectivity index (χ0n) is 11.8. The Bertz CT molecular complexity index is 482. The van der Waals surface area contributed by atoms with Crippen molar-refractivity contribution in [2.24, 2.45) is 0 Å². The summed E-state index contributed by atoms with van der Waals surface area (Å²) in [6.45, 7) is -0.724. The van der Waals surface area contributed by atoms with E-state index in [4.69, 9.17) is 10.2 Å². The Labute approximate surface area is 127 Å². The Kier molecular flexibility index (Phi) is 7.22. The monoisotopic (exact) mass is 315 g/mol. The van der Waals surface area contributed by atoms with Gasteiger partial charge in [-0.3, -0.25) is 4.79 Å². The van der Waals surface area contributed by atoms with E-state index >= 15 is 0 Å². The molecule has 0 bridgehead atoms. The number of aliphatic hydroxyl groups excluding tert-OH is 5. The predicted octanol–water partition coefficient (Wildman–Crippen LogP) is -2.51. The number of nitrogens with one attached hydrogen (secondary N) is 1. The third kappa shape index (κ3) is 4.93. The molecule has 0 radical (unpaired) electrons. The molecule has 0 aliphatic rings. The second kappa shape index (κ2) is 8.66. The van der Waals surface area contributed by atoms with Gasteiger partial charge in [-0.1, -0.05) is 18.2 Å². The molecule has 124 valence electrons. The number of phenolic OH excluding ortho intramolecular Hbond substituents is 1. The van der Waals surface area contributed by atoms with Crippen molar-refractivity contribution in [3.8, 4) is 5.75 Å². The molecular formula is C14H21NO7. The fourth-order valence-corrected chi connectivity index (χ4v) is 1.82. The van der Waals surface area contributed by atoms with Crippen molar-refractivity contribution in [2.75, 3.05) is 13.2 Å². The molecular weight excluding hydrogens is 294 g/mol. The average Bonchev–Trinajstić information content (AvgIpc) is 2.53.